The molecule has 0 saturated carbocycles. The van der Waals surface area contributed by atoms with Gasteiger partial charge in [-0.1, -0.05) is 13.3 Å². The first-order valence-corrected chi connectivity index (χ1v) is 5.05. The van der Waals surface area contributed by atoms with Crippen molar-refractivity contribution in [3.63, 3.8) is 0 Å². The summed E-state index contributed by atoms with van der Waals surface area (Å²) in [5.74, 6) is 0.0918. The average Bonchev–Trinajstić information content (AvgIpc) is 2.04. The van der Waals surface area contributed by atoms with E-state index >= 15 is 0 Å². The largest absolute Gasteiger partial charge is 0.378 e. The first kappa shape index (κ1) is 12.4. The summed E-state index contributed by atoms with van der Waals surface area (Å²) in [7, 11) is 0. The molecule has 0 bridgehead atoms. The quantitative estimate of drug-likeness (QED) is 0.616. The van der Waals surface area contributed by atoms with Crippen LogP contribution in [0, 0.1) is 0 Å². The Morgan fingerprint density at radius 3 is 2.69 bits per heavy atom. The van der Waals surface area contributed by atoms with E-state index in [0.717, 1.165) is 19.4 Å². The number of hydrogen-bond acceptors (Lipinski definition) is 2. The van der Waals surface area contributed by atoms with Crippen molar-refractivity contribution in [3.05, 3.63) is 0 Å². The summed E-state index contributed by atoms with van der Waals surface area (Å²) in [4.78, 5) is 11.1. The first-order chi connectivity index (χ1) is 6.16. The Bertz CT molecular complexity index is 135. The van der Waals surface area contributed by atoms with E-state index in [1.807, 2.05) is 13.8 Å². The maximum Gasteiger partial charge on any atom is 0.222 e. The van der Waals surface area contributed by atoms with E-state index in [0.29, 0.717) is 13.0 Å². The summed E-state index contributed by atoms with van der Waals surface area (Å²) in [5.41, 5.74) is 0. The zero-order valence-corrected chi connectivity index (χ0v) is 8.93. The van der Waals surface area contributed by atoms with E-state index in [-0.39, 0.29) is 12.0 Å². The van der Waals surface area contributed by atoms with Crippen LogP contribution in [0.5, 0.6) is 0 Å². The lowest BCUT2D eigenvalue weighted by Crippen LogP contribution is -2.25. The van der Waals surface area contributed by atoms with Crippen molar-refractivity contribution in [3.8, 4) is 0 Å². The first-order valence-electron chi connectivity index (χ1n) is 5.05. The second-order valence-corrected chi connectivity index (χ2v) is 3.37. The Morgan fingerprint density at radius 1 is 1.46 bits per heavy atom. The molecule has 0 aromatic rings. The highest BCUT2D eigenvalue weighted by molar-refractivity contribution is 5.75. The van der Waals surface area contributed by atoms with Crippen molar-refractivity contribution in [1.29, 1.82) is 0 Å². The second-order valence-electron chi connectivity index (χ2n) is 3.37. The molecule has 0 aliphatic rings. The Kier molecular flexibility index (Phi) is 7.69. The number of hydrogen-bond donors (Lipinski definition) is 1. The zero-order chi connectivity index (χ0) is 10.1. The third-order valence-corrected chi connectivity index (χ3v) is 1.63. The van der Waals surface area contributed by atoms with Crippen LogP contribution in [0.3, 0.4) is 0 Å². The van der Waals surface area contributed by atoms with Gasteiger partial charge in [0, 0.05) is 13.0 Å². The molecule has 13 heavy (non-hydrogen) atoms. The van der Waals surface area contributed by atoms with Gasteiger partial charge >= 0.3 is 0 Å². The van der Waals surface area contributed by atoms with Gasteiger partial charge in [0.2, 0.25) is 5.91 Å². The van der Waals surface area contributed by atoms with Crippen LogP contribution in [0.15, 0.2) is 0 Å². The highest BCUT2D eigenvalue weighted by atomic mass is 16.5. The molecule has 0 aromatic heterocycles. The number of carbonyl (C=O) groups excluding carboxylic acids is 1. The maximum absolute atomic E-state index is 11.1. The van der Waals surface area contributed by atoms with Gasteiger partial charge in [-0.15, -0.1) is 0 Å². The van der Waals surface area contributed by atoms with Gasteiger partial charge in [-0.3, -0.25) is 4.79 Å². The van der Waals surface area contributed by atoms with E-state index in [1.165, 1.54) is 0 Å². The molecule has 0 unspecified atom stereocenters. The topological polar surface area (TPSA) is 38.3 Å². The Hall–Kier alpha value is -0.570. The molecule has 1 N–H and O–H groups in total. The van der Waals surface area contributed by atoms with Gasteiger partial charge in [-0.05, 0) is 20.3 Å². The standard InChI is InChI=1S/C10H21NO2/c1-4-5-7-11-10(12)6-8-13-9(2)3/h9H,4-8H2,1-3H3,(H,11,12). The monoisotopic (exact) mass is 187 g/mol. The summed E-state index contributed by atoms with van der Waals surface area (Å²) in [6.07, 6.45) is 2.85. The molecular weight excluding hydrogens is 166 g/mol. The van der Waals surface area contributed by atoms with Crippen molar-refractivity contribution < 1.29 is 9.53 Å². The van der Waals surface area contributed by atoms with Crippen molar-refractivity contribution in [2.45, 2.75) is 46.1 Å². The van der Waals surface area contributed by atoms with Crippen LogP contribution >= 0.6 is 0 Å². The second kappa shape index (κ2) is 8.05. The van der Waals surface area contributed by atoms with Gasteiger partial charge < -0.3 is 10.1 Å². The molecule has 0 spiro atoms. The molecule has 0 saturated heterocycles. The number of amides is 1. The number of ether oxygens (including phenoxy) is 1. The smallest absolute Gasteiger partial charge is 0.222 e. The molecule has 0 heterocycles. The fraction of sp³-hybridized carbons (Fsp3) is 0.900. The predicted octanol–water partition coefficient (Wildman–Crippen LogP) is 1.72. The van der Waals surface area contributed by atoms with Crippen molar-refractivity contribution in [2.24, 2.45) is 0 Å². The number of rotatable bonds is 7. The van der Waals surface area contributed by atoms with E-state index < -0.39 is 0 Å². The maximum atomic E-state index is 11.1. The normalized spacial score (nSPS) is 10.5. The fourth-order valence-corrected chi connectivity index (χ4v) is 0.880. The molecule has 1 amide bonds. The Labute approximate surface area is 80.8 Å². The molecule has 0 atom stereocenters. The van der Waals surface area contributed by atoms with Crippen molar-refractivity contribution in [2.75, 3.05) is 13.2 Å². The molecule has 3 heteroatoms. The lowest BCUT2D eigenvalue weighted by atomic mass is 10.3. The minimum absolute atomic E-state index is 0.0918. The molecule has 0 fully saturated rings. The summed E-state index contributed by atoms with van der Waals surface area (Å²) >= 11 is 0. The molecule has 0 rings (SSSR count). The molecule has 0 radical (unpaired) electrons. The van der Waals surface area contributed by atoms with E-state index in [2.05, 4.69) is 12.2 Å². The minimum Gasteiger partial charge on any atom is -0.378 e. The van der Waals surface area contributed by atoms with Crippen LogP contribution in [0.4, 0.5) is 0 Å². The van der Waals surface area contributed by atoms with Crippen LogP contribution in [-0.4, -0.2) is 25.2 Å². The van der Waals surface area contributed by atoms with Gasteiger partial charge in [0.1, 0.15) is 0 Å². The summed E-state index contributed by atoms with van der Waals surface area (Å²) < 4.78 is 5.26. The lowest BCUT2D eigenvalue weighted by Gasteiger charge is -2.07. The number of nitrogens with one attached hydrogen (secondary N) is 1. The summed E-state index contributed by atoms with van der Waals surface area (Å²) in [5, 5.41) is 2.84. The SMILES string of the molecule is CCCCNC(=O)CCOC(C)C. The fourth-order valence-electron chi connectivity index (χ4n) is 0.880. The predicted molar refractivity (Wildman–Crippen MR) is 53.6 cm³/mol. The van der Waals surface area contributed by atoms with Gasteiger partial charge in [0.15, 0.2) is 0 Å². The molecule has 3 nitrogen and oxygen atoms in total. The Morgan fingerprint density at radius 2 is 2.15 bits per heavy atom. The van der Waals surface area contributed by atoms with Crippen LogP contribution in [0.2, 0.25) is 0 Å². The van der Waals surface area contributed by atoms with Crippen molar-refractivity contribution in [1.82, 2.24) is 5.32 Å². The van der Waals surface area contributed by atoms with Crippen LogP contribution in [0.25, 0.3) is 0 Å². The van der Waals surface area contributed by atoms with Crippen LogP contribution in [-0.2, 0) is 9.53 Å². The molecule has 78 valence electrons. The molecule has 0 aliphatic carbocycles. The van der Waals surface area contributed by atoms with E-state index in [1.54, 1.807) is 0 Å². The summed E-state index contributed by atoms with van der Waals surface area (Å²) in [6, 6.07) is 0. The molecular formula is C10H21NO2. The van der Waals surface area contributed by atoms with E-state index in [9.17, 15) is 4.79 Å². The van der Waals surface area contributed by atoms with Crippen LogP contribution < -0.4 is 5.32 Å². The average molecular weight is 187 g/mol. The lowest BCUT2D eigenvalue weighted by molar-refractivity contribution is -0.122. The highest BCUT2D eigenvalue weighted by Crippen LogP contribution is 1.90. The third-order valence-electron chi connectivity index (χ3n) is 1.63. The third kappa shape index (κ3) is 9.34. The molecule has 0 aromatic carbocycles. The van der Waals surface area contributed by atoms with Crippen LogP contribution in [0.1, 0.15) is 40.0 Å². The molecule has 0 aliphatic heterocycles. The Balaban J connectivity index is 3.20. The van der Waals surface area contributed by atoms with E-state index in [4.69, 9.17) is 4.74 Å². The van der Waals surface area contributed by atoms with Crippen molar-refractivity contribution >= 4 is 5.91 Å². The zero-order valence-electron chi connectivity index (χ0n) is 8.93. The number of unbranched alkanes of at least 4 members (excludes halogenated alkanes) is 1. The number of carbonyl (C=O) groups is 1. The minimum atomic E-state index is 0.0918. The van der Waals surface area contributed by atoms with Gasteiger partial charge in [-0.25, -0.2) is 0 Å². The van der Waals surface area contributed by atoms with Gasteiger partial charge in [0.25, 0.3) is 0 Å². The summed E-state index contributed by atoms with van der Waals surface area (Å²) in [6.45, 7) is 7.35. The highest BCUT2D eigenvalue weighted by Gasteiger charge is 2.00. The van der Waals surface area contributed by atoms with Gasteiger partial charge in [0.05, 0.1) is 12.7 Å². The van der Waals surface area contributed by atoms with Gasteiger partial charge in [-0.2, -0.15) is 0 Å².